The number of nitro benzene ring substituents is 1. The number of likely N-dealkylation sites (N-methyl/N-ethyl adjacent to an activating group) is 2. The molecule has 2 heterocycles. The third-order valence-electron chi connectivity index (χ3n) is 8.06. The summed E-state index contributed by atoms with van der Waals surface area (Å²) in [5, 5.41) is 11.7. The minimum atomic E-state index is -4.41. The number of aromatic nitrogens is 2. The molecule has 1 amide bonds. The summed E-state index contributed by atoms with van der Waals surface area (Å²) >= 11 is 0. The molecule has 4 aromatic rings. The number of nitrogens with zero attached hydrogens (tertiary/aromatic N) is 5. The van der Waals surface area contributed by atoms with Gasteiger partial charge in [0.05, 0.1) is 4.92 Å². The first-order valence-electron chi connectivity index (χ1n) is 15.0. The van der Waals surface area contributed by atoms with Crippen LogP contribution in [0.15, 0.2) is 109 Å². The van der Waals surface area contributed by atoms with Crippen molar-refractivity contribution in [3.63, 3.8) is 0 Å². The fourth-order valence-electron chi connectivity index (χ4n) is 5.48. The molecule has 0 unspecified atom stereocenters. The van der Waals surface area contributed by atoms with Crippen molar-refractivity contribution in [1.82, 2.24) is 19.2 Å². The Labute approximate surface area is 265 Å². The van der Waals surface area contributed by atoms with E-state index in [4.69, 9.17) is 0 Å². The number of amides is 1. The maximum absolute atomic E-state index is 14.4. The van der Waals surface area contributed by atoms with Crippen LogP contribution in [0.3, 0.4) is 0 Å². The number of carbonyl (C=O) groups excluding carboxylic acids is 1. The second-order valence-electron chi connectivity index (χ2n) is 11.1. The van der Waals surface area contributed by atoms with Gasteiger partial charge in [-0.3, -0.25) is 24.9 Å². The second kappa shape index (κ2) is 16.0. The van der Waals surface area contributed by atoms with E-state index >= 15 is 0 Å². The minimum absolute atomic E-state index is 0.110. The molecule has 0 aliphatic rings. The summed E-state index contributed by atoms with van der Waals surface area (Å²) in [6.45, 7) is 0. The number of pyridine rings is 2. The summed E-state index contributed by atoms with van der Waals surface area (Å²) in [4.78, 5) is 35.0. The van der Waals surface area contributed by atoms with Gasteiger partial charge in [-0.15, -0.1) is 0 Å². The fourth-order valence-corrected chi connectivity index (χ4v) is 6.95. The molecule has 2 aromatic heterocycles. The van der Waals surface area contributed by atoms with Crippen LogP contribution in [-0.2, 0) is 34.1 Å². The summed E-state index contributed by atoms with van der Waals surface area (Å²) in [6.07, 6.45) is 11.9. The van der Waals surface area contributed by atoms with Gasteiger partial charge in [0.1, 0.15) is 6.04 Å². The Morgan fingerprint density at radius 1 is 0.800 bits per heavy atom. The molecule has 236 valence electrons. The first-order valence-corrected chi connectivity index (χ1v) is 16.4. The smallest absolute Gasteiger partial charge is 0.289 e. The quantitative estimate of drug-likeness (QED) is 0.119. The van der Waals surface area contributed by atoms with Gasteiger partial charge in [-0.1, -0.05) is 54.6 Å². The molecule has 0 fully saturated rings. The average Bonchev–Trinajstić information content (AvgIpc) is 3.07. The van der Waals surface area contributed by atoms with Crippen LogP contribution in [0, 0.1) is 10.1 Å². The predicted octanol–water partition coefficient (Wildman–Crippen LogP) is 5.49. The van der Waals surface area contributed by atoms with Gasteiger partial charge in [-0.2, -0.15) is 4.31 Å². The van der Waals surface area contributed by atoms with E-state index in [1.807, 2.05) is 67.0 Å². The molecule has 0 bridgehead atoms. The van der Waals surface area contributed by atoms with E-state index < -0.39 is 31.6 Å². The monoisotopic (exact) mass is 629 g/mol. The molecule has 2 aromatic carbocycles. The first-order chi connectivity index (χ1) is 21.7. The number of para-hydroxylation sites is 1. The molecule has 0 saturated heterocycles. The van der Waals surface area contributed by atoms with Crippen molar-refractivity contribution < 1.29 is 18.1 Å². The number of hydrogen-bond donors (Lipinski definition) is 0. The van der Waals surface area contributed by atoms with Gasteiger partial charge < -0.3 is 4.90 Å². The maximum Gasteiger partial charge on any atom is 0.289 e. The summed E-state index contributed by atoms with van der Waals surface area (Å²) < 4.78 is 28.8. The highest BCUT2D eigenvalue weighted by atomic mass is 32.2. The van der Waals surface area contributed by atoms with Crippen molar-refractivity contribution in [3.05, 3.63) is 130 Å². The molecule has 4 rings (SSSR count). The zero-order valence-electron chi connectivity index (χ0n) is 25.6. The van der Waals surface area contributed by atoms with Crippen LogP contribution in [-0.4, -0.2) is 64.6 Å². The Morgan fingerprint density at radius 2 is 1.33 bits per heavy atom. The third-order valence-corrected chi connectivity index (χ3v) is 9.98. The Bertz CT molecular complexity index is 1590. The van der Waals surface area contributed by atoms with Gasteiger partial charge in [0.25, 0.3) is 5.69 Å². The summed E-state index contributed by atoms with van der Waals surface area (Å²) in [6, 6.07) is 21.0. The van der Waals surface area contributed by atoms with Crippen LogP contribution in [0.4, 0.5) is 5.69 Å². The van der Waals surface area contributed by atoms with E-state index in [-0.39, 0.29) is 18.4 Å². The van der Waals surface area contributed by atoms with Crippen molar-refractivity contribution in [1.29, 1.82) is 0 Å². The Morgan fingerprint density at radius 3 is 1.87 bits per heavy atom. The SMILES string of the molecule is CN(C(=O)[C@H](Cc1ccccc1)N(C)S(=O)(=O)c1ccccc1[N+](=O)[O-])C(CCCc1cccnc1)CCCc1cccnc1. The number of rotatable bonds is 16. The van der Waals surface area contributed by atoms with Crippen molar-refractivity contribution in [3.8, 4) is 0 Å². The van der Waals surface area contributed by atoms with E-state index in [1.165, 1.54) is 25.2 Å². The molecule has 11 heteroatoms. The molecule has 10 nitrogen and oxygen atoms in total. The van der Waals surface area contributed by atoms with Crippen LogP contribution in [0.25, 0.3) is 0 Å². The van der Waals surface area contributed by atoms with Gasteiger partial charge in [-0.25, -0.2) is 8.42 Å². The van der Waals surface area contributed by atoms with E-state index in [0.717, 1.165) is 52.7 Å². The summed E-state index contributed by atoms with van der Waals surface area (Å²) in [7, 11) is -1.36. The van der Waals surface area contributed by atoms with E-state index in [9.17, 15) is 23.3 Å². The molecular weight excluding hydrogens is 590 g/mol. The highest BCUT2D eigenvalue weighted by Crippen LogP contribution is 2.28. The molecule has 0 N–H and O–H groups in total. The number of hydrogen-bond acceptors (Lipinski definition) is 7. The van der Waals surface area contributed by atoms with Gasteiger partial charge in [0, 0.05) is 51.0 Å². The lowest BCUT2D eigenvalue weighted by atomic mass is 9.97. The number of nitro groups is 1. The Balaban J connectivity index is 1.61. The summed E-state index contributed by atoms with van der Waals surface area (Å²) in [5.41, 5.74) is 2.46. The van der Waals surface area contributed by atoms with E-state index in [1.54, 1.807) is 24.3 Å². The van der Waals surface area contributed by atoms with E-state index in [2.05, 4.69) is 9.97 Å². The lowest BCUT2D eigenvalue weighted by Crippen LogP contribution is -2.52. The molecule has 0 saturated carbocycles. The predicted molar refractivity (Wildman–Crippen MR) is 173 cm³/mol. The molecule has 45 heavy (non-hydrogen) atoms. The lowest BCUT2D eigenvalue weighted by Gasteiger charge is -2.35. The molecule has 0 spiro atoms. The third kappa shape index (κ3) is 9.02. The highest BCUT2D eigenvalue weighted by Gasteiger charge is 2.38. The number of sulfonamides is 1. The largest absolute Gasteiger partial charge is 0.341 e. The second-order valence-corrected chi connectivity index (χ2v) is 13.0. The van der Waals surface area contributed by atoms with Gasteiger partial charge in [0.15, 0.2) is 4.90 Å². The van der Waals surface area contributed by atoms with E-state index in [0.29, 0.717) is 12.8 Å². The maximum atomic E-state index is 14.4. The number of aryl methyl sites for hydroxylation is 2. The van der Waals surface area contributed by atoms with Crippen LogP contribution < -0.4 is 0 Å². The van der Waals surface area contributed by atoms with Crippen LogP contribution in [0.1, 0.15) is 42.4 Å². The van der Waals surface area contributed by atoms with Crippen LogP contribution in [0.5, 0.6) is 0 Å². The molecule has 0 aliphatic heterocycles. The van der Waals surface area contributed by atoms with Gasteiger partial charge in [0.2, 0.25) is 15.9 Å². The first kappa shape index (κ1) is 33.4. The number of benzene rings is 2. The highest BCUT2D eigenvalue weighted by molar-refractivity contribution is 7.89. The van der Waals surface area contributed by atoms with Gasteiger partial charge in [-0.05, 0) is 79.8 Å². The molecule has 0 aliphatic carbocycles. The van der Waals surface area contributed by atoms with Crippen molar-refractivity contribution in [2.45, 2.75) is 61.9 Å². The fraction of sp³-hybridized carbons (Fsp3) is 0.324. The van der Waals surface area contributed by atoms with Crippen molar-refractivity contribution >= 4 is 21.6 Å². The van der Waals surface area contributed by atoms with Crippen molar-refractivity contribution in [2.24, 2.45) is 0 Å². The van der Waals surface area contributed by atoms with Gasteiger partial charge >= 0.3 is 0 Å². The normalized spacial score (nSPS) is 12.3. The van der Waals surface area contributed by atoms with Crippen LogP contribution >= 0.6 is 0 Å². The zero-order chi connectivity index (χ0) is 32.2. The Hall–Kier alpha value is -4.48. The zero-order valence-corrected chi connectivity index (χ0v) is 26.4. The molecular formula is C34H39N5O5S. The topological polar surface area (TPSA) is 127 Å². The minimum Gasteiger partial charge on any atom is -0.341 e. The van der Waals surface area contributed by atoms with Crippen LogP contribution in [0.2, 0.25) is 0 Å². The molecule has 0 radical (unpaired) electrons. The number of carbonyl (C=O) groups is 1. The average molecular weight is 630 g/mol. The Kier molecular flexibility index (Phi) is 11.9. The molecule has 1 atom stereocenters. The summed E-state index contributed by atoms with van der Waals surface area (Å²) in [5.74, 6) is -0.365. The lowest BCUT2D eigenvalue weighted by molar-refractivity contribution is -0.387. The van der Waals surface area contributed by atoms with Crippen molar-refractivity contribution in [2.75, 3.05) is 14.1 Å². The standard InChI is InChI=1S/C34H39N5O5S/c1-37(30(18-8-14-28-16-10-22-35-25-28)19-9-15-29-17-11-23-36-26-29)34(40)32(24-27-12-4-3-5-13-27)38(2)45(43,44)33-21-7-6-20-31(33)39(41)42/h3-7,10-13,16-17,20-23,25-26,30,32H,8-9,14-15,18-19,24H2,1-2H3/t32-/m0/s1.